The molecule has 0 saturated carbocycles. The Labute approximate surface area is 222 Å². The van der Waals surface area contributed by atoms with Crippen LogP contribution in [0.15, 0.2) is 36.4 Å². The molecule has 0 radical (unpaired) electrons. The zero-order valence-corrected chi connectivity index (χ0v) is 23.2. The Kier molecular flexibility index (Phi) is 11.8. The Morgan fingerprint density at radius 2 is 1.75 bits per heavy atom. The van der Waals surface area contributed by atoms with Crippen molar-refractivity contribution in [2.45, 2.75) is 59.0 Å². The summed E-state index contributed by atoms with van der Waals surface area (Å²) in [5, 5.41) is 10.4. The topological polar surface area (TPSA) is 64.0 Å². The van der Waals surface area contributed by atoms with E-state index in [9.17, 15) is 5.26 Å². The summed E-state index contributed by atoms with van der Waals surface area (Å²) < 4.78 is 22.5. The van der Waals surface area contributed by atoms with Crippen LogP contribution in [-0.4, -0.2) is 45.0 Å². The maximum absolute atomic E-state index is 10.4. The van der Waals surface area contributed by atoms with E-state index in [1.54, 1.807) is 0 Å². The molecular weight excluding hydrogens is 476 g/mol. The lowest BCUT2D eigenvalue weighted by Crippen LogP contribution is -2.32. The van der Waals surface area contributed by atoms with Crippen LogP contribution in [0.25, 0.3) is 0 Å². The van der Waals surface area contributed by atoms with Gasteiger partial charge in [0.05, 0.1) is 31.3 Å². The summed E-state index contributed by atoms with van der Waals surface area (Å²) in [5.74, 6) is 2.60. The Morgan fingerprint density at radius 1 is 1.06 bits per heavy atom. The average Bonchev–Trinajstić information content (AvgIpc) is 2.85. The minimum atomic E-state index is -0.599. The van der Waals surface area contributed by atoms with Crippen LogP contribution in [0.2, 0.25) is 0 Å². The van der Waals surface area contributed by atoms with E-state index in [0.29, 0.717) is 26.6 Å². The number of nitriles is 1. The number of nitrogens with zero attached hydrogens (tertiary/aromatic N) is 2. The molecule has 0 fully saturated rings. The average molecular weight is 517 g/mol. The SMILES string of the molecule is CCOc1cc(OCC)cc(C(C#N)(CCCN(C)CCc2ccc3c(c2)COCO3)C(C)C)c1.Cl. The molecule has 0 N–H and O–H groups in total. The van der Waals surface area contributed by atoms with E-state index in [1.807, 2.05) is 38.1 Å². The molecule has 1 aliphatic rings. The molecule has 0 amide bonds. The van der Waals surface area contributed by atoms with Gasteiger partial charge in [0.1, 0.15) is 17.2 Å². The first-order valence-corrected chi connectivity index (χ1v) is 12.7. The zero-order chi connectivity index (χ0) is 25.3. The third-order valence-corrected chi connectivity index (χ3v) is 6.78. The van der Waals surface area contributed by atoms with Crippen molar-refractivity contribution < 1.29 is 18.9 Å². The second kappa shape index (κ2) is 14.3. The van der Waals surface area contributed by atoms with Gasteiger partial charge in [0.2, 0.25) is 0 Å². The maximum Gasteiger partial charge on any atom is 0.189 e. The minimum Gasteiger partial charge on any atom is -0.494 e. The monoisotopic (exact) mass is 516 g/mol. The van der Waals surface area contributed by atoms with E-state index in [-0.39, 0.29) is 18.3 Å². The quantitative estimate of drug-likeness (QED) is 0.318. The van der Waals surface area contributed by atoms with E-state index >= 15 is 0 Å². The van der Waals surface area contributed by atoms with Gasteiger partial charge in [-0.3, -0.25) is 0 Å². The van der Waals surface area contributed by atoms with Crippen molar-refractivity contribution in [3.05, 3.63) is 53.1 Å². The summed E-state index contributed by atoms with van der Waals surface area (Å²) in [7, 11) is 2.15. The fourth-order valence-corrected chi connectivity index (χ4v) is 4.70. The van der Waals surface area contributed by atoms with Crippen molar-refractivity contribution in [1.82, 2.24) is 4.90 Å². The molecule has 6 nitrogen and oxygen atoms in total. The highest BCUT2D eigenvalue weighted by Crippen LogP contribution is 2.40. The van der Waals surface area contributed by atoms with E-state index in [2.05, 4.69) is 44.0 Å². The molecule has 1 aliphatic heterocycles. The van der Waals surface area contributed by atoms with Gasteiger partial charge in [-0.15, -0.1) is 12.4 Å². The van der Waals surface area contributed by atoms with E-state index in [0.717, 1.165) is 60.7 Å². The first-order valence-electron chi connectivity index (χ1n) is 12.7. The van der Waals surface area contributed by atoms with Gasteiger partial charge in [-0.1, -0.05) is 19.9 Å². The molecule has 0 aromatic heterocycles. The number of benzene rings is 2. The van der Waals surface area contributed by atoms with Crippen molar-refractivity contribution in [2.24, 2.45) is 5.92 Å². The fourth-order valence-electron chi connectivity index (χ4n) is 4.70. The molecule has 198 valence electrons. The lowest BCUT2D eigenvalue weighted by molar-refractivity contribution is -0.0164. The normalized spacial score (nSPS) is 14.3. The lowest BCUT2D eigenvalue weighted by Gasteiger charge is -2.32. The largest absolute Gasteiger partial charge is 0.494 e. The van der Waals surface area contributed by atoms with Crippen molar-refractivity contribution in [3.8, 4) is 23.3 Å². The van der Waals surface area contributed by atoms with Gasteiger partial charge in [0.15, 0.2) is 6.79 Å². The summed E-state index contributed by atoms with van der Waals surface area (Å²) in [5.41, 5.74) is 2.78. The number of hydrogen-bond donors (Lipinski definition) is 0. The molecule has 0 aliphatic carbocycles. The number of rotatable bonds is 13. The van der Waals surface area contributed by atoms with Crippen LogP contribution >= 0.6 is 12.4 Å². The molecule has 3 rings (SSSR count). The molecule has 0 spiro atoms. The highest BCUT2D eigenvalue weighted by Gasteiger charge is 2.36. The first-order chi connectivity index (χ1) is 16.9. The van der Waals surface area contributed by atoms with Gasteiger partial charge in [-0.05, 0) is 88.0 Å². The summed E-state index contributed by atoms with van der Waals surface area (Å²) >= 11 is 0. The van der Waals surface area contributed by atoms with Crippen LogP contribution in [0.4, 0.5) is 0 Å². The molecule has 0 saturated heterocycles. The third kappa shape index (κ3) is 7.52. The summed E-state index contributed by atoms with van der Waals surface area (Å²) in [6.45, 7) is 12.2. The zero-order valence-electron chi connectivity index (χ0n) is 22.3. The number of likely N-dealkylation sites (N-methyl/N-ethyl adjacent to an activating group) is 1. The predicted octanol–water partition coefficient (Wildman–Crippen LogP) is 6.14. The van der Waals surface area contributed by atoms with E-state index in [4.69, 9.17) is 18.9 Å². The molecule has 0 bridgehead atoms. The molecular formula is C29H41ClN2O4. The van der Waals surface area contributed by atoms with Gasteiger partial charge < -0.3 is 23.8 Å². The van der Waals surface area contributed by atoms with Crippen LogP contribution in [0, 0.1) is 17.2 Å². The van der Waals surface area contributed by atoms with Gasteiger partial charge >= 0.3 is 0 Å². The third-order valence-electron chi connectivity index (χ3n) is 6.78. The Balaban J connectivity index is 0.00000456. The molecule has 2 aromatic rings. The summed E-state index contributed by atoms with van der Waals surface area (Å²) in [6.07, 6.45) is 2.67. The maximum atomic E-state index is 10.4. The molecule has 1 heterocycles. The van der Waals surface area contributed by atoms with Crippen molar-refractivity contribution in [3.63, 3.8) is 0 Å². The van der Waals surface area contributed by atoms with Gasteiger partial charge in [-0.25, -0.2) is 0 Å². The summed E-state index contributed by atoms with van der Waals surface area (Å²) in [4.78, 5) is 2.34. The molecule has 7 heteroatoms. The van der Waals surface area contributed by atoms with Crippen molar-refractivity contribution in [2.75, 3.05) is 40.1 Å². The Bertz CT molecular complexity index is 983. The second-order valence-electron chi connectivity index (χ2n) is 9.51. The summed E-state index contributed by atoms with van der Waals surface area (Å²) in [6, 6.07) is 15.0. The van der Waals surface area contributed by atoms with Crippen LogP contribution in [0.5, 0.6) is 17.2 Å². The van der Waals surface area contributed by atoms with Gasteiger partial charge in [0.25, 0.3) is 0 Å². The van der Waals surface area contributed by atoms with Gasteiger partial charge in [0, 0.05) is 18.2 Å². The number of halogens is 1. The first kappa shape index (κ1) is 29.8. The van der Waals surface area contributed by atoms with Crippen LogP contribution in [0.1, 0.15) is 57.2 Å². The van der Waals surface area contributed by atoms with Crippen molar-refractivity contribution in [1.29, 1.82) is 5.26 Å². The van der Waals surface area contributed by atoms with Crippen LogP contribution in [-0.2, 0) is 23.2 Å². The Hall–Kier alpha value is -2.46. The smallest absolute Gasteiger partial charge is 0.189 e. The molecule has 1 unspecified atom stereocenters. The number of ether oxygens (including phenoxy) is 4. The highest BCUT2D eigenvalue weighted by atomic mass is 35.5. The van der Waals surface area contributed by atoms with E-state index in [1.165, 1.54) is 5.56 Å². The standard InChI is InChI=1S/C29H40N2O4.ClH/c1-6-33-26-16-25(17-27(18-26)34-7-2)29(20-30,22(3)4)12-8-13-31(5)14-11-23-9-10-28-24(15-23)19-32-21-35-28;/h9-10,15-18,22H,6-8,11-14,19,21H2,1-5H3;1H. The van der Waals surface area contributed by atoms with Gasteiger partial charge in [-0.2, -0.15) is 5.26 Å². The fraction of sp³-hybridized carbons (Fsp3) is 0.552. The van der Waals surface area contributed by atoms with Crippen LogP contribution in [0.3, 0.4) is 0 Å². The number of fused-ring (bicyclic) bond motifs is 1. The molecule has 1 atom stereocenters. The minimum absolute atomic E-state index is 0. The molecule has 36 heavy (non-hydrogen) atoms. The predicted molar refractivity (Wildman–Crippen MR) is 145 cm³/mol. The lowest BCUT2D eigenvalue weighted by atomic mass is 9.69. The highest BCUT2D eigenvalue weighted by molar-refractivity contribution is 5.85. The Morgan fingerprint density at radius 3 is 2.36 bits per heavy atom. The van der Waals surface area contributed by atoms with Crippen molar-refractivity contribution >= 4 is 12.4 Å². The second-order valence-corrected chi connectivity index (χ2v) is 9.51. The van der Waals surface area contributed by atoms with Crippen LogP contribution < -0.4 is 14.2 Å². The molecule has 2 aromatic carbocycles. The van der Waals surface area contributed by atoms with E-state index < -0.39 is 5.41 Å². The number of hydrogen-bond acceptors (Lipinski definition) is 6.